The number of carbonyl (C=O) groups excluding carboxylic acids is 4. The van der Waals surface area contributed by atoms with E-state index in [1.54, 1.807) is 12.4 Å². The molecule has 8 aromatic rings. The lowest BCUT2D eigenvalue weighted by Crippen LogP contribution is -2.35. The summed E-state index contributed by atoms with van der Waals surface area (Å²) in [4.78, 5) is 84.3. The highest BCUT2D eigenvalue weighted by Gasteiger charge is 2.19. The Hall–Kier alpha value is -8.76. The normalized spacial score (nSPS) is 11.3. The van der Waals surface area contributed by atoms with Gasteiger partial charge in [-0.3, -0.25) is 34.0 Å². The molecule has 0 radical (unpaired) electrons. The van der Waals surface area contributed by atoms with Crippen molar-refractivity contribution < 1.29 is 38.1 Å². The Morgan fingerprint density at radius 3 is 1.76 bits per heavy atom. The Kier molecular flexibility index (Phi) is 30.5. The summed E-state index contributed by atoms with van der Waals surface area (Å²) >= 11 is 0. The zero-order chi connectivity index (χ0) is 65.8. The molecule has 0 aliphatic rings. The SMILES string of the molecule is CCCCCC(=O)Cc1cccc(CN(Cc2cc(CN(Cc3cccc(NC(=O)CCCCC)n3)Cc3ncc[nH]3)cc(OCCCCN(Cc3ccc(-c4ccccc4)cc3)C(=O)COCCOCCOCC(=O)NCc3ccc(CN)cc3)c2)Cc2ncc[nH]2)n1. The van der Waals surface area contributed by atoms with Gasteiger partial charge in [-0.25, -0.2) is 15.0 Å². The first kappa shape index (κ1) is 71.1. The number of aromatic amines is 2. The largest absolute Gasteiger partial charge is 0.494 e. The molecular weight excluding hydrogens is 1180 g/mol. The maximum Gasteiger partial charge on any atom is 0.248 e. The van der Waals surface area contributed by atoms with Gasteiger partial charge in [0.15, 0.2) is 0 Å². The van der Waals surface area contributed by atoms with E-state index in [-0.39, 0.29) is 63.1 Å². The summed E-state index contributed by atoms with van der Waals surface area (Å²) in [7, 11) is 0. The molecule has 498 valence electrons. The van der Waals surface area contributed by atoms with Crippen LogP contribution in [0.5, 0.6) is 5.75 Å². The van der Waals surface area contributed by atoms with Crippen molar-refractivity contribution in [3.63, 3.8) is 0 Å². The van der Waals surface area contributed by atoms with E-state index in [0.29, 0.717) is 116 Å². The van der Waals surface area contributed by atoms with Crippen LogP contribution in [0.15, 0.2) is 158 Å². The number of rotatable bonds is 45. The number of amides is 3. The Morgan fingerprint density at radius 1 is 0.511 bits per heavy atom. The van der Waals surface area contributed by atoms with Gasteiger partial charge in [0.05, 0.1) is 57.5 Å². The first-order valence-corrected chi connectivity index (χ1v) is 33.1. The third-order valence-corrected chi connectivity index (χ3v) is 15.7. The number of benzene rings is 4. The monoisotopic (exact) mass is 1280 g/mol. The Bertz CT molecular complexity index is 3350. The van der Waals surface area contributed by atoms with Crippen molar-refractivity contribution >= 4 is 29.3 Å². The molecule has 6 N–H and O–H groups in total. The van der Waals surface area contributed by atoms with Crippen LogP contribution in [-0.4, -0.2) is 121 Å². The number of pyridine rings is 2. The van der Waals surface area contributed by atoms with Gasteiger partial charge < -0.3 is 50.2 Å². The Morgan fingerprint density at radius 2 is 1.11 bits per heavy atom. The van der Waals surface area contributed by atoms with Crippen molar-refractivity contribution in [1.82, 2.24) is 49.9 Å². The van der Waals surface area contributed by atoms with Crippen molar-refractivity contribution in [2.24, 2.45) is 5.73 Å². The van der Waals surface area contributed by atoms with Crippen molar-refractivity contribution in [3.05, 3.63) is 215 Å². The van der Waals surface area contributed by atoms with Crippen molar-refractivity contribution in [1.29, 1.82) is 0 Å². The van der Waals surface area contributed by atoms with Gasteiger partial charge in [-0.05, 0) is 101 Å². The molecule has 0 saturated heterocycles. The molecular formula is C74H94N12O8. The quantitative estimate of drug-likeness (QED) is 0.0223. The maximum absolute atomic E-state index is 14.0. The molecule has 0 saturated carbocycles. The summed E-state index contributed by atoms with van der Waals surface area (Å²) < 4.78 is 23.8. The summed E-state index contributed by atoms with van der Waals surface area (Å²) in [6.45, 7) is 10.1. The van der Waals surface area contributed by atoms with E-state index < -0.39 is 0 Å². The van der Waals surface area contributed by atoms with Gasteiger partial charge in [-0.15, -0.1) is 0 Å². The second-order valence-electron chi connectivity index (χ2n) is 23.6. The highest BCUT2D eigenvalue weighted by Crippen LogP contribution is 2.25. The fourth-order valence-electron chi connectivity index (χ4n) is 10.8. The predicted octanol–water partition coefficient (Wildman–Crippen LogP) is 11.2. The third-order valence-electron chi connectivity index (χ3n) is 15.7. The highest BCUT2D eigenvalue weighted by molar-refractivity contribution is 5.89. The minimum atomic E-state index is -0.221. The molecule has 20 heteroatoms. The number of nitrogens with one attached hydrogen (secondary N) is 4. The van der Waals surface area contributed by atoms with E-state index in [1.165, 1.54) is 0 Å². The van der Waals surface area contributed by atoms with E-state index in [2.05, 4.69) is 109 Å². The number of carbonyl (C=O) groups is 4. The number of hydrogen-bond donors (Lipinski definition) is 5. The van der Waals surface area contributed by atoms with E-state index in [4.69, 9.17) is 34.6 Å². The number of unbranched alkanes of at least 4 members (excludes halogenated alkanes) is 5. The zero-order valence-electron chi connectivity index (χ0n) is 54.8. The van der Waals surface area contributed by atoms with Gasteiger partial charge >= 0.3 is 0 Å². The van der Waals surface area contributed by atoms with Gasteiger partial charge in [0.25, 0.3) is 0 Å². The van der Waals surface area contributed by atoms with Gasteiger partial charge in [-0.1, -0.05) is 137 Å². The van der Waals surface area contributed by atoms with Gasteiger partial charge in [-0.2, -0.15) is 0 Å². The van der Waals surface area contributed by atoms with Gasteiger partial charge in [0.2, 0.25) is 17.7 Å². The fraction of sp³-hybridized carbons (Fsp3) is 0.405. The minimum absolute atomic E-state index is 0.0471. The average Bonchev–Trinajstić information content (AvgIpc) is 1.99. The van der Waals surface area contributed by atoms with E-state index in [0.717, 1.165) is 106 Å². The number of hydrogen-bond acceptors (Lipinski definition) is 15. The van der Waals surface area contributed by atoms with Crippen LogP contribution >= 0.6 is 0 Å². The van der Waals surface area contributed by atoms with E-state index >= 15 is 0 Å². The number of nitrogens with zero attached hydrogens (tertiary/aromatic N) is 7. The van der Waals surface area contributed by atoms with Crippen LogP contribution in [0.2, 0.25) is 0 Å². The van der Waals surface area contributed by atoms with Crippen LogP contribution in [0.3, 0.4) is 0 Å². The number of H-pyrrole nitrogens is 2. The number of Topliss-reactive ketones (excluding diaryl/α,β-unsaturated/α-hetero) is 1. The molecule has 0 unspecified atom stereocenters. The molecule has 94 heavy (non-hydrogen) atoms. The fourth-order valence-corrected chi connectivity index (χ4v) is 10.8. The molecule has 4 aromatic carbocycles. The van der Waals surface area contributed by atoms with E-state index in [9.17, 15) is 19.2 Å². The molecule has 0 atom stereocenters. The molecule has 0 aliphatic carbocycles. The lowest BCUT2D eigenvalue weighted by molar-refractivity contribution is -0.137. The number of imidazole rings is 2. The number of ether oxygens (including phenoxy) is 4. The number of anilines is 1. The van der Waals surface area contributed by atoms with Crippen LogP contribution < -0.4 is 21.1 Å². The maximum atomic E-state index is 14.0. The van der Waals surface area contributed by atoms with Gasteiger partial charge in [0.1, 0.15) is 42.2 Å². The lowest BCUT2D eigenvalue weighted by Gasteiger charge is -2.24. The van der Waals surface area contributed by atoms with Crippen LogP contribution in [0.4, 0.5) is 5.82 Å². The average molecular weight is 1280 g/mol. The van der Waals surface area contributed by atoms with Crippen LogP contribution in [0.25, 0.3) is 11.1 Å². The van der Waals surface area contributed by atoms with Gasteiger partial charge in [0, 0.05) is 102 Å². The molecule has 0 fully saturated rings. The molecule has 8 rings (SSSR count). The first-order chi connectivity index (χ1) is 46.1. The summed E-state index contributed by atoms with van der Waals surface area (Å²) in [5, 5.41) is 5.86. The Labute approximate surface area is 553 Å². The second kappa shape index (κ2) is 40.4. The molecule has 4 heterocycles. The number of nitrogens with two attached hydrogens (primary N) is 1. The molecule has 20 nitrogen and oxygen atoms in total. The summed E-state index contributed by atoms with van der Waals surface area (Å²) in [5.41, 5.74) is 15.3. The third kappa shape index (κ3) is 26.3. The minimum Gasteiger partial charge on any atom is -0.494 e. The number of ketones is 1. The van der Waals surface area contributed by atoms with Crippen molar-refractivity contribution in [2.45, 2.75) is 143 Å². The molecule has 4 aromatic heterocycles. The zero-order valence-corrected chi connectivity index (χ0v) is 54.8. The topological polar surface area (TPSA) is 248 Å². The smallest absolute Gasteiger partial charge is 0.248 e. The molecule has 0 bridgehead atoms. The number of aromatic nitrogens is 6. The lowest BCUT2D eigenvalue weighted by atomic mass is 10.0. The second-order valence-corrected chi connectivity index (χ2v) is 23.6. The first-order valence-electron chi connectivity index (χ1n) is 33.1. The van der Waals surface area contributed by atoms with Crippen LogP contribution in [-0.2, 0) is 98.7 Å². The molecule has 3 amide bonds. The van der Waals surface area contributed by atoms with E-state index in [1.807, 2.05) is 96.2 Å². The van der Waals surface area contributed by atoms with Crippen LogP contribution in [0.1, 0.15) is 135 Å². The molecule has 0 aliphatic heterocycles. The van der Waals surface area contributed by atoms with Crippen molar-refractivity contribution in [3.8, 4) is 16.9 Å². The summed E-state index contributed by atoms with van der Waals surface area (Å²) in [6, 6.07) is 44.3. The van der Waals surface area contributed by atoms with Crippen molar-refractivity contribution in [2.75, 3.05) is 58.1 Å². The summed E-state index contributed by atoms with van der Waals surface area (Å²) in [6.07, 6.45) is 15.6. The summed E-state index contributed by atoms with van der Waals surface area (Å²) in [5.74, 6) is 2.62. The predicted molar refractivity (Wildman–Crippen MR) is 364 cm³/mol. The molecule has 0 spiro atoms. The highest BCUT2D eigenvalue weighted by atomic mass is 16.5. The Balaban J connectivity index is 0.932. The van der Waals surface area contributed by atoms with Crippen LogP contribution in [0, 0.1) is 0 Å². The standard InChI is InChI=1S/C74H94N12O8/c1-3-5-8-21-67(87)45-64-18-14-19-65(81-64)51-84(53-70-76-32-33-77-70)48-60-42-61(49-85(54-71-78-34-35-79-71)52-66-20-15-22-69(82-66)83-72(88)23-9-6-4-2)44-68(43-60)94-37-13-12-36-86(50-59-28-30-63(31-29-59)62-16-10-7-11-17-62)74(90)56-93-41-39-91-38-40-92-55-73(89)80-47-58-26-24-57(46-75)25-27-58/h7,10-11,14-20,22,24-35,42-44H,3-6,8-9,12-13,21,23,36-41,45-56,75H2,1-2H3,(H,76,77)(H,78,79)(H,80,89)(H,82,83,88).